The second-order valence-corrected chi connectivity index (χ2v) is 6.62. The highest BCUT2D eigenvalue weighted by Crippen LogP contribution is 2.57. The second kappa shape index (κ2) is 6.89. The van der Waals surface area contributed by atoms with Gasteiger partial charge in [0.05, 0.1) is 12.7 Å². The van der Waals surface area contributed by atoms with Crippen molar-refractivity contribution >= 4 is 6.03 Å². The molecule has 126 valence electrons. The normalized spacial score (nSPS) is 24.6. The fourth-order valence-corrected chi connectivity index (χ4v) is 3.87. The maximum Gasteiger partial charge on any atom is 0.315 e. The van der Waals surface area contributed by atoms with Gasteiger partial charge in [0.15, 0.2) is 0 Å². The minimum atomic E-state index is -0.120. The number of aliphatic hydroxyl groups is 1. The number of rotatable bonds is 6. The Balaban J connectivity index is 1.48. The van der Waals surface area contributed by atoms with Gasteiger partial charge in [0.25, 0.3) is 0 Å². The van der Waals surface area contributed by atoms with Crippen LogP contribution in [0.15, 0.2) is 24.3 Å². The van der Waals surface area contributed by atoms with Crippen molar-refractivity contribution in [3.05, 3.63) is 35.4 Å². The number of urea groups is 1. The van der Waals surface area contributed by atoms with Crippen molar-refractivity contribution in [2.24, 2.45) is 5.41 Å². The number of nitrogens with one attached hydrogen (secondary N) is 2. The largest absolute Gasteiger partial charge is 0.392 e. The van der Waals surface area contributed by atoms with E-state index in [0.717, 1.165) is 37.0 Å². The van der Waals surface area contributed by atoms with Gasteiger partial charge in [0.2, 0.25) is 0 Å². The van der Waals surface area contributed by atoms with Gasteiger partial charge >= 0.3 is 6.03 Å². The van der Waals surface area contributed by atoms with Crippen LogP contribution in [0.1, 0.15) is 43.7 Å². The molecule has 0 unspecified atom stereocenters. The maximum absolute atomic E-state index is 12.2. The Labute approximate surface area is 137 Å². The molecule has 23 heavy (non-hydrogen) atoms. The molecule has 1 aromatic carbocycles. The fraction of sp³-hybridized carbons (Fsp3) is 0.611. The van der Waals surface area contributed by atoms with Crippen LogP contribution < -0.4 is 10.6 Å². The molecule has 0 saturated heterocycles. The van der Waals surface area contributed by atoms with Crippen molar-refractivity contribution in [1.82, 2.24) is 10.6 Å². The zero-order chi connectivity index (χ0) is 16.3. The van der Waals surface area contributed by atoms with Gasteiger partial charge in [-0.1, -0.05) is 30.7 Å². The first-order valence-electron chi connectivity index (χ1n) is 8.52. The Hall–Kier alpha value is -1.59. The molecule has 0 bridgehead atoms. The molecule has 5 nitrogen and oxygen atoms in total. The van der Waals surface area contributed by atoms with Crippen LogP contribution in [0.25, 0.3) is 0 Å². The smallest absolute Gasteiger partial charge is 0.315 e. The Kier molecular flexibility index (Phi) is 4.87. The van der Waals surface area contributed by atoms with Crippen LogP contribution in [-0.4, -0.2) is 29.9 Å². The van der Waals surface area contributed by atoms with Gasteiger partial charge in [0.1, 0.15) is 0 Å². The molecule has 0 aliphatic heterocycles. The van der Waals surface area contributed by atoms with Crippen LogP contribution >= 0.6 is 0 Å². The maximum atomic E-state index is 12.2. The molecule has 2 fully saturated rings. The van der Waals surface area contributed by atoms with Gasteiger partial charge in [-0.25, -0.2) is 4.79 Å². The molecule has 3 rings (SSSR count). The van der Waals surface area contributed by atoms with Gasteiger partial charge in [-0.05, 0) is 37.3 Å². The van der Waals surface area contributed by atoms with Crippen molar-refractivity contribution in [3.63, 3.8) is 0 Å². The van der Waals surface area contributed by atoms with E-state index in [1.54, 1.807) is 0 Å². The molecule has 0 radical (unpaired) electrons. The quantitative estimate of drug-likeness (QED) is 0.754. The van der Waals surface area contributed by atoms with Crippen molar-refractivity contribution in [3.8, 4) is 0 Å². The SMILES string of the molecule is CCO[C@@H]1C[C@@H](NC(=O)NCc2cccc(CO)c2)C12CCC2. The molecule has 2 atom stereocenters. The standard InChI is InChI=1S/C18H26N2O3/c1-2-23-16-10-15(18(16)7-4-8-18)20-17(22)19-11-13-5-3-6-14(9-13)12-21/h3,5-6,9,15-16,21H,2,4,7-8,10-12H2,1H3,(H2,19,20,22)/t15-,16-/m1/s1. The predicted octanol–water partition coefficient (Wildman–Crippen LogP) is 2.33. The van der Waals surface area contributed by atoms with E-state index in [1.807, 2.05) is 31.2 Å². The number of hydrogen-bond donors (Lipinski definition) is 3. The number of carbonyl (C=O) groups is 1. The molecule has 0 aromatic heterocycles. The van der Waals surface area contributed by atoms with Gasteiger partial charge in [0, 0.05) is 24.6 Å². The van der Waals surface area contributed by atoms with Gasteiger partial charge < -0.3 is 20.5 Å². The molecule has 2 amide bonds. The molecule has 2 aliphatic carbocycles. The van der Waals surface area contributed by atoms with E-state index in [0.29, 0.717) is 12.6 Å². The summed E-state index contributed by atoms with van der Waals surface area (Å²) in [4.78, 5) is 12.2. The van der Waals surface area contributed by atoms with Gasteiger partial charge in [-0.3, -0.25) is 0 Å². The van der Waals surface area contributed by atoms with Crippen LogP contribution in [0.3, 0.4) is 0 Å². The average molecular weight is 318 g/mol. The second-order valence-electron chi connectivity index (χ2n) is 6.62. The van der Waals surface area contributed by atoms with E-state index in [-0.39, 0.29) is 24.1 Å². The first kappa shape index (κ1) is 16.3. The molecule has 1 spiro atoms. The third kappa shape index (κ3) is 3.21. The number of amides is 2. The van der Waals surface area contributed by atoms with Crippen molar-refractivity contribution in [1.29, 1.82) is 0 Å². The highest BCUT2D eigenvalue weighted by Gasteiger charge is 2.59. The number of ether oxygens (including phenoxy) is 1. The number of carbonyl (C=O) groups excluding carboxylic acids is 1. The van der Waals surface area contributed by atoms with Crippen LogP contribution in [0.4, 0.5) is 4.79 Å². The lowest BCUT2D eigenvalue weighted by Gasteiger charge is -2.60. The topological polar surface area (TPSA) is 70.6 Å². The fourth-order valence-electron chi connectivity index (χ4n) is 3.87. The summed E-state index contributed by atoms with van der Waals surface area (Å²) in [5, 5.41) is 15.2. The third-order valence-electron chi connectivity index (χ3n) is 5.37. The highest BCUT2D eigenvalue weighted by atomic mass is 16.5. The summed E-state index contributed by atoms with van der Waals surface area (Å²) >= 11 is 0. The van der Waals surface area contributed by atoms with Crippen LogP contribution in [-0.2, 0) is 17.9 Å². The lowest BCUT2D eigenvalue weighted by atomic mass is 9.51. The summed E-state index contributed by atoms with van der Waals surface area (Å²) in [7, 11) is 0. The Morgan fingerprint density at radius 1 is 1.39 bits per heavy atom. The minimum Gasteiger partial charge on any atom is -0.392 e. The zero-order valence-electron chi connectivity index (χ0n) is 13.7. The predicted molar refractivity (Wildman–Crippen MR) is 87.8 cm³/mol. The van der Waals surface area contributed by atoms with E-state index in [4.69, 9.17) is 9.84 Å². The Morgan fingerprint density at radius 3 is 2.83 bits per heavy atom. The molecule has 0 heterocycles. The molecular weight excluding hydrogens is 292 g/mol. The van der Waals surface area contributed by atoms with Crippen molar-refractivity contribution < 1.29 is 14.6 Å². The molecular formula is C18H26N2O3. The van der Waals surface area contributed by atoms with Crippen LogP contribution in [0.5, 0.6) is 0 Å². The van der Waals surface area contributed by atoms with Gasteiger partial charge in [-0.2, -0.15) is 0 Å². The molecule has 2 aliphatic rings. The monoisotopic (exact) mass is 318 g/mol. The first-order chi connectivity index (χ1) is 11.2. The molecule has 3 N–H and O–H groups in total. The summed E-state index contributed by atoms with van der Waals surface area (Å²) < 4.78 is 5.81. The average Bonchev–Trinajstić information content (AvgIpc) is 2.50. The Morgan fingerprint density at radius 2 is 2.17 bits per heavy atom. The summed E-state index contributed by atoms with van der Waals surface area (Å²) in [6, 6.07) is 7.72. The van der Waals surface area contributed by atoms with Gasteiger partial charge in [-0.15, -0.1) is 0 Å². The van der Waals surface area contributed by atoms with Crippen LogP contribution in [0.2, 0.25) is 0 Å². The summed E-state index contributed by atoms with van der Waals surface area (Å²) in [6.07, 6.45) is 4.77. The van der Waals surface area contributed by atoms with E-state index in [1.165, 1.54) is 6.42 Å². The summed E-state index contributed by atoms with van der Waals surface area (Å²) in [6.45, 7) is 3.25. The van der Waals surface area contributed by atoms with E-state index in [2.05, 4.69) is 10.6 Å². The molecule has 2 saturated carbocycles. The highest BCUT2D eigenvalue weighted by molar-refractivity contribution is 5.74. The van der Waals surface area contributed by atoms with Crippen LogP contribution in [0, 0.1) is 5.41 Å². The van der Waals surface area contributed by atoms with Crippen molar-refractivity contribution in [2.75, 3.05) is 6.61 Å². The lowest BCUT2D eigenvalue weighted by molar-refractivity contribution is -0.169. The number of aliphatic hydroxyl groups excluding tert-OH is 1. The van der Waals surface area contributed by atoms with Crippen molar-refractivity contribution in [2.45, 2.75) is 57.9 Å². The first-order valence-corrected chi connectivity index (χ1v) is 8.52. The summed E-state index contributed by atoms with van der Waals surface area (Å²) in [5.74, 6) is 0. The molecule has 5 heteroatoms. The Bertz CT molecular complexity index is 557. The zero-order valence-corrected chi connectivity index (χ0v) is 13.7. The van der Waals surface area contributed by atoms with E-state index < -0.39 is 0 Å². The summed E-state index contributed by atoms with van der Waals surface area (Å²) in [5.41, 5.74) is 2.03. The third-order valence-corrected chi connectivity index (χ3v) is 5.37. The minimum absolute atomic E-state index is 0.0173. The molecule has 1 aromatic rings. The number of benzene rings is 1. The number of hydrogen-bond acceptors (Lipinski definition) is 3. The lowest BCUT2D eigenvalue weighted by Crippen LogP contribution is -2.68. The van der Waals surface area contributed by atoms with E-state index in [9.17, 15) is 4.79 Å². The van der Waals surface area contributed by atoms with E-state index >= 15 is 0 Å².